The third-order valence-corrected chi connectivity index (χ3v) is 4.26. The van der Waals surface area contributed by atoms with Crippen LogP contribution in [0.25, 0.3) is 0 Å². The molecule has 0 fully saturated rings. The van der Waals surface area contributed by atoms with Crippen molar-refractivity contribution in [1.29, 1.82) is 0 Å². The number of hydrogen-bond donors (Lipinski definition) is 0. The smallest absolute Gasteiger partial charge is 0.337 e. The normalized spacial score (nSPS) is 11.5. The minimum Gasteiger partial charge on any atom is -0.469 e. The lowest BCUT2D eigenvalue weighted by atomic mass is 10.1. The van der Waals surface area contributed by atoms with Crippen molar-refractivity contribution in [2.45, 2.75) is 35.8 Å². The van der Waals surface area contributed by atoms with Gasteiger partial charge in [-0.25, -0.2) is 4.79 Å². The average molecular weight is 324 g/mol. The second-order valence-corrected chi connectivity index (χ2v) is 5.94. The van der Waals surface area contributed by atoms with Gasteiger partial charge in [0.15, 0.2) is 0 Å². The number of hydrogen-bond acceptors (Lipinski definition) is 6. The first-order valence-electron chi connectivity index (χ1n) is 6.98. The SMILES string of the molecule is COC(=O)CCCCC(C=O)Sc1ccc(C(=O)OC)cc1. The molecule has 120 valence electrons. The van der Waals surface area contributed by atoms with E-state index in [1.807, 2.05) is 0 Å². The Kier molecular flexibility index (Phi) is 8.28. The zero-order valence-electron chi connectivity index (χ0n) is 12.7. The van der Waals surface area contributed by atoms with E-state index in [-0.39, 0.29) is 17.2 Å². The molecule has 0 saturated carbocycles. The number of benzene rings is 1. The number of rotatable bonds is 9. The lowest BCUT2D eigenvalue weighted by molar-refractivity contribution is -0.140. The summed E-state index contributed by atoms with van der Waals surface area (Å²) < 4.78 is 9.20. The fourth-order valence-corrected chi connectivity index (χ4v) is 2.82. The van der Waals surface area contributed by atoms with E-state index in [2.05, 4.69) is 9.47 Å². The molecule has 1 aromatic rings. The minimum atomic E-state index is -0.383. The first-order chi connectivity index (χ1) is 10.6. The maximum atomic E-state index is 11.3. The summed E-state index contributed by atoms with van der Waals surface area (Å²) in [5.74, 6) is -0.611. The number of methoxy groups -OCH3 is 2. The number of unbranched alkanes of at least 4 members (excludes halogenated alkanes) is 1. The van der Waals surface area contributed by atoms with Crippen molar-refractivity contribution in [2.24, 2.45) is 0 Å². The van der Waals surface area contributed by atoms with Gasteiger partial charge in [-0.15, -0.1) is 11.8 Å². The van der Waals surface area contributed by atoms with Gasteiger partial charge in [0, 0.05) is 11.3 Å². The maximum Gasteiger partial charge on any atom is 0.337 e. The summed E-state index contributed by atoms with van der Waals surface area (Å²) in [5.41, 5.74) is 0.479. The van der Waals surface area contributed by atoms with Crippen LogP contribution in [0.3, 0.4) is 0 Å². The van der Waals surface area contributed by atoms with Crippen LogP contribution in [-0.2, 0) is 19.1 Å². The van der Waals surface area contributed by atoms with Crippen molar-refractivity contribution in [3.05, 3.63) is 29.8 Å². The Balaban J connectivity index is 2.43. The predicted molar refractivity (Wildman–Crippen MR) is 84.0 cm³/mol. The maximum absolute atomic E-state index is 11.3. The molecule has 0 heterocycles. The molecular formula is C16H20O5S. The van der Waals surface area contributed by atoms with Crippen LogP contribution < -0.4 is 0 Å². The molecule has 1 rings (SSSR count). The molecule has 0 aliphatic heterocycles. The van der Waals surface area contributed by atoms with Gasteiger partial charge < -0.3 is 14.3 Å². The summed E-state index contributed by atoms with van der Waals surface area (Å²) >= 11 is 1.44. The summed E-state index contributed by atoms with van der Waals surface area (Å²) in [6, 6.07) is 6.93. The first kappa shape index (κ1) is 18.2. The van der Waals surface area contributed by atoms with Gasteiger partial charge in [-0.3, -0.25) is 4.79 Å². The largest absolute Gasteiger partial charge is 0.469 e. The molecule has 1 unspecified atom stereocenters. The van der Waals surface area contributed by atoms with E-state index < -0.39 is 0 Å². The van der Waals surface area contributed by atoms with E-state index in [1.54, 1.807) is 24.3 Å². The summed E-state index contributed by atoms with van der Waals surface area (Å²) in [5, 5.41) is -0.165. The first-order valence-corrected chi connectivity index (χ1v) is 7.85. The topological polar surface area (TPSA) is 69.7 Å². The number of aldehydes is 1. The Bertz CT molecular complexity index is 498. The van der Waals surface area contributed by atoms with Crippen LogP contribution in [0.2, 0.25) is 0 Å². The number of carbonyl (C=O) groups is 3. The van der Waals surface area contributed by atoms with Crippen LogP contribution in [-0.4, -0.2) is 37.7 Å². The van der Waals surface area contributed by atoms with Crippen molar-refractivity contribution in [3.63, 3.8) is 0 Å². The minimum absolute atomic E-state index is 0.165. The molecule has 1 aromatic carbocycles. The van der Waals surface area contributed by atoms with Gasteiger partial charge in [0.25, 0.3) is 0 Å². The second kappa shape index (κ2) is 10.00. The van der Waals surface area contributed by atoms with E-state index in [4.69, 9.17) is 0 Å². The number of thioether (sulfide) groups is 1. The van der Waals surface area contributed by atoms with Gasteiger partial charge >= 0.3 is 11.9 Å². The number of carbonyl (C=O) groups excluding carboxylic acids is 3. The van der Waals surface area contributed by atoms with Gasteiger partial charge in [-0.2, -0.15) is 0 Å². The third-order valence-electron chi connectivity index (χ3n) is 3.06. The highest BCUT2D eigenvalue weighted by molar-refractivity contribution is 8.00. The molecular weight excluding hydrogens is 304 g/mol. The number of ether oxygens (including phenoxy) is 2. The average Bonchev–Trinajstić information content (AvgIpc) is 2.57. The fourth-order valence-electron chi connectivity index (χ4n) is 1.83. The molecule has 0 bridgehead atoms. The third kappa shape index (κ3) is 6.30. The van der Waals surface area contributed by atoms with Crippen molar-refractivity contribution in [1.82, 2.24) is 0 Å². The van der Waals surface area contributed by atoms with Gasteiger partial charge in [0.05, 0.1) is 25.0 Å². The lowest BCUT2D eigenvalue weighted by Crippen LogP contribution is -2.06. The Labute approximate surface area is 134 Å². The summed E-state index contributed by atoms with van der Waals surface area (Å²) in [6.07, 6.45) is 3.48. The van der Waals surface area contributed by atoms with E-state index in [0.717, 1.165) is 17.6 Å². The quantitative estimate of drug-likeness (QED) is 0.301. The van der Waals surface area contributed by atoms with E-state index in [1.165, 1.54) is 26.0 Å². The predicted octanol–water partition coefficient (Wildman–Crippen LogP) is 2.87. The van der Waals surface area contributed by atoms with E-state index in [0.29, 0.717) is 24.8 Å². The Morgan fingerprint density at radius 3 is 2.36 bits per heavy atom. The summed E-state index contributed by atoms with van der Waals surface area (Å²) in [7, 11) is 2.70. The van der Waals surface area contributed by atoms with Crippen molar-refractivity contribution in [3.8, 4) is 0 Å². The Morgan fingerprint density at radius 2 is 1.82 bits per heavy atom. The van der Waals surface area contributed by atoms with Crippen LogP contribution in [0.1, 0.15) is 36.0 Å². The number of esters is 2. The summed E-state index contributed by atoms with van der Waals surface area (Å²) in [4.78, 5) is 34.4. The molecule has 6 heteroatoms. The van der Waals surface area contributed by atoms with Gasteiger partial charge in [-0.1, -0.05) is 6.42 Å². The molecule has 22 heavy (non-hydrogen) atoms. The second-order valence-electron chi connectivity index (χ2n) is 4.63. The molecule has 0 saturated heterocycles. The molecule has 0 amide bonds. The molecule has 0 aliphatic rings. The van der Waals surface area contributed by atoms with Crippen LogP contribution in [0, 0.1) is 0 Å². The molecule has 0 radical (unpaired) electrons. The van der Waals surface area contributed by atoms with Crippen LogP contribution in [0.5, 0.6) is 0 Å². The highest BCUT2D eigenvalue weighted by atomic mass is 32.2. The Hall–Kier alpha value is -1.82. The van der Waals surface area contributed by atoms with Crippen LogP contribution in [0.4, 0.5) is 0 Å². The fraction of sp³-hybridized carbons (Fsp3) is 0.438. The van der Waals surface area contributed by atoms with Crippen LogP contribution >= 0.6 is 11.8 Å². The summed E-state index contributed by atoms with van der Waals surface area (Å²) in [6.45, 7) is 0. The zero-order chi connectivity index (χ0) is 16.4. The highest BCUT2D eigenvalue weighted by Crippen LogP contribution is 2.26. The van der Waals surface area contributed by atoms with Gasteiger partial charge in [0.1, 0.15) is 6.29 Å². The lowest BCUT2D eigenvalue weighted by Gasteiger charge is -2.10. The molecule has 0 spiro atoms. The molecule has 0 N–H and O–H groups in total. The highest BCUT2D eigenvalue weighted by Gasteiger charge is 2.11. The van der Waals surface area contributed by atoms with Crippen molar-refractivity contribution in [2.75, 3.05) is 14.2 Å². The molecule has 1 atom stereocenters. The van der Waals surface area contributed by atoms with Gasteiger partial charge in [0.2, 0.25) is 0 Å². The monoisotopic (exact) mass is 324 g/mol. The molecule has 5 nitrogen and oxygen atoms in total. The van der Waals surface area contributed by atoms with E-state index >= 15 is 0 Å². The molecule has 0 aliphatic carbocycles. The van der Waals surface area contributed by atoms with Crippen molar-refractivity contribution >= 4 is 30.0 Å². The van der Waals surface area contributed by atoms with Gasteiger partial charge in [-0.05, 0) is 37.1 Å². The Morgan fingerprint density at radius 1 is 1.14 bits per heavy atom. The molecule has 0 aromatic heterocycles. The van der Waals surface area contributed by atoms with Crippen molar-refractivity contribution < 1.29 is 23.9 Å². The van der Waals surface area contributed by atoms with Crippen LogP contribution in [0.15, 0.2) is 29.2 Å². The van der Waals surface area contributed by atoms with E-state index in [9.17, 15) is 14.4 Å². The standard InChI is InChI=1S/C16H20O5S/c1-20-15(18)6-4-3-5-14(11-17)22-13-9-7-12(8-10-13)16(19)21-2/h7-11,14H,3-6H2,1-2H3. The zero-order valence-corrected chi connectivity index (χ0v) is 13.6.